The third-order valence-electron chi connectivity index (χ3n) is 3.79. The topological polar surface area (TPSA) is 46.2 Å². The zero-order valence-electron chi connectivity index (χ0n) is 14.1. The van der Waals surface area contributed by atoms with Gasteiger partial charge in [0.15, 0.2) is 5.78 Å². The van der Waals surface area contributed by atoms with E-state index in [0.717, 1.165) is 18.4 Å². The van der Waals surface area contributed by atoms with Crippen LogP contribution in [0.25, 0.3) is 0 Å². The SMILES string of the molecule is CCCc1ccc(C(=O)CCC(=O)Nc2ccc(C)cc2F)cc1. The van der Waals surface area contributed by atoms with Gasteiger partial charge < -0.3 is 5.32 Å². The first-order chi connectivity index (χ1) is 11.5. The maximum Gasteiger partial charge on any atom is 0.224 e. The Morgan fingerprint density at radius 3 is 2.38 bits per heavy atom. The Kier molecular flexibility index (Phi) is 6.24. The number of aryl methyl sites for hydroxylation is 2. The molecule has 0 aliphatic rings. The van der Waals surface area contributed by atoms with Gasteiger partial charge in [0, 0.05) is 18.4 Å². The predicted octanol–water partition coefficient (Wildman–Crippen LogP) is 4.69. The van der Waals surface area contributed by atoms with Gasteiger partial charge in [-0.15, -0.1) is 0 Å². The van der Waals surface area contributed by atoms with Gasteiger partial charge in [0.2, 0.25) is 5.91 Å². The highest BCUT2D eigenvalue weighted by atomic mass is 19.1. The molecule has 1 amide bonds. The van der Waals surface area contributed by atoms with E-state index in [4.69, 9.17) is 0 Å². The lowest BCUT2D eigenvalue weighted by molar-refractivity contribution is -0.116. The summed E-state index contributed by atoms with van der Waals surface area (Å²) in [4.78, 5) is 24.0. The van der Waals surface area contributed by atoms with Crippen LogP contribution in [0.15, 0.2) is 42.5 Å². The summed E-state index contributed by atoms with van der Waals surface area (Å²) in [6.45, 7) is 3.88. The number of hydrogen-bond acceptors (Lipinski definition) is 2. The molecule has 0 heterocycles. The number of Topliss-reactive ketones (excluding diaryl/α,β-unsaturated/α-hetero) is 1. The average molecular weight is 327 g/mol. The minimum atomic E-state index is -0.471. The van der Waals surface area contributed by atoms with E-state index in [1.807, 2.05) is 12.1 Å². The van der Waals surface area contributed by atoms with Crippen LogP contribution < -0.4 is 5.32 Å². The van der Waals surface area contributed by atoms with Crippen LogP contribution in [0, 0.1) is 12.7 Å². The monoisotopic (exact) mass is 327 g/mol. The second kappa shape index (κ2) is 8.39. The summed E-state index contributed by atoms with van der Waals surface area (Å²) in [5.74, 6) is -0.924. The van der Waals surface area contributed by atoms with Crippen molar-refractivity contribution in [3.63, 3.8) is 0 Å². The molecule has 0 radical (unpaired) electrons. The van der Waals surface area contributed by atoms with Crippen LogP contribution in [-0.2, 0) is 11.2 Å². The van der Waals surface area contributed by atoms with Gasteiger partial charge in [-0.25, -0.2) is 4.39 Å². The van der Waals surface area contributed by atoms with Crippen LogP contribution in [-0.4, -0.2) is 11.7 Å². The molecule has 0 fully saturated rings. The lowest BCUT2D eigenvalue weighted by Crippen LogP contribution is -2.14. The molecule has 0 bridgehead atoms. The Bertz CT molecular complexity index is 723. The van der Waals surface area contributed by atoms with E-state index in [1.165, 1.54) is 17.7 Å². The number of rotatable bonds is 7. The molecule has 2 aromatic carbocycles. The fourth-order valence-electron chi connectivity index (χ4n) is 2.45. The summed E-state index contributed by atoms with van der Waals surface area (Å²) in [7, 11) is 0. The summed E-state index contributed by atoms with van der Waals surface area (Å²) >= 11 is 0. The molecule has 0 saturated heterocycles. The second-order valence-corrected chi connectivity index (χ2v) is 5.90. The summed E-state index contributed by atoms with van der Waals surface area (Å²) in [6.07, 6.45) is 2.18. The molecule has 0 atom stereocenters. The minimum absolute atomic E-state index is 0.0306. The predicted molar refractivity (Wildman–Crippen MR) is 93.8 cm³/mol. The molecule has 0 aromatic heterocycles. The van der Waals surface area contributed by atoms with Gasteiger partial charge >= 0.3 is 0 Å². The van der Waals surface area contributed by atoms with Crippen molar-refractivity contribution in [3.05, 3.63) is 65.0 Å². The molecule has 0 aliphatic carbocycles. The molecule has 1 N–H and O–H groups in total. The normalized spacial score (nSPS) is 10.5. The first-order valence-electron chi connectivity index (χ1n) is 8.17. The third-order valence-corrected chi connectivity index (χ3v) is 3.79. The standard InChI is InChI=1S/C20H22FNO2/c1-3-4-15-6-8-16(9-7-15)19(23)11-12-20(24)22-18-10-5-14(2)13-17(18)21/h5-10,13H,3-4,11-12H2,1-2H3,(H,22,24). The lowest BCUT2D eigenvalue weighted by Gasteiger charge is -2.07. The number of carbonyl (C=O) groups is 2. The van der Waals surface area contributed by atoms with Crippen molar-refractivity contribution < 1.29 is 14.0 Å². The molecule has 4 heteroatoms. The third kappa shape index (κ3) is 5.01. The van der Waals surface area contributed by atoms with E-state index in [-0.39, 0.29) is 30.2 Å². The number of benzene rings is 2. The first-order valence-corrected chi connectivity index (χ1v) is 8.17. The van der Waals surface area contributed by atoms with E-state index in [2.05, 4.69) is 12.2 Å². The summed E-state index contributed by atoms with van der Waals surface area (Å²) in [5, 5.41) is 2.50. The highest BCUT2D eigenvalue weighted by Gasteiger charge is 2.11. The number of carbonyl (C=O) groups excluding carboxylic acids is 2. The maximum atomic E-state index is 13.7. The van der Waals surface area contributed by atoms with Gasteiger partial charge in [-0.2, -0.15) is 0 Å². The van der Waals surface area contributed by atoms with Gasteiger partial charge in [-0.1, -0.05) is 43.7 Å². The van der Waals surface area contributed by atoms with Crippen molar-refractivity contribution >= 4 is 17.4 Å². The maximum absolute atomic E-state index is 13.7. The smallest absolute Gasteiger partial charge is 0.224 e. The summed E-state index contributed by atoms with van der Waals surface area (Å²) < 4.78 is 13.7. The highest BCUT2D eigenvalue weighted by molar-refractivity contribution is 6.00. The fraction of sp³-hybridized carbons (Fsp3) is 0.300. The van der Waals surface area contributed by atoms with Crippen LogP contribution in [0.3, 0.4) is 0 Å². The molecule has 2 aromatic rings. The van der Waals surface area contributed by atoms with Crippen LogP contribution in [0.2, 0.25) is 0 Å². The number of hydrogen-bond donors (Lipinski definition) is 1. The molecule has 0 saturated carbocycles. The second-order valence-electron chi connectivity index (χ2n) is 5.90. The fourth-order valence-corrected chi connectivity index (χ4v) is 2.45. The van der Waals surface area contributed by atoms with E-state index in [1.54, 1.807) is 25.1 Å². The Labute approximate surface area is 141 Å². The molecule has 0 spiro atoms. The van der Waals surface area contributed by atoms with E-state index in [9.17, 15) is 14.0 Å². The van der Waals surface area contributed by atoms with Crippen LogP contribution in [0.5, 0.6) is 0 Å². The van der Waals surface area contributed by atoms with Gasteiger partial charge in [0.25, 0.3) is 0 Å². The zero-order chi connectivity index (χ0) is 17.5. The largest absolute Gasteiger partial charge is 0.324 e. The van der Waals surface area contributed by atoms with Crippen molar-refractivity contribution in [1.29, 1.82) is 0 Å². The van der Waals surface area contributed by atoms with E-state index in [0.29, 0.717) is 5.56 Å². The first kappa shape index (κ1) is 17.9. The van der Waals surface area contributed by atoms with Gasteiger partial charge in [-0.05, 0) is 36.6 Å². The number of ketones is 1. The Hall–Kier alpha value is -2.49. The van der Waals surface area contributed by atoms with Crippen molar-refractivity contribution in [1.82, 2.24) is 0 Å². The van der Waals surface area contributed by atoms with Crippen molar-refractivity contribution in [2.75, 3.05) is 5.32 Å². The van der Waals surface area contributed by atoms with E-state index < -0.39 is 5.82 Å². The van der Waals surface area contributed by atoms with Crippen molar-refractivity contribution in [2.45, 2.75) is 39.5 Å². The number of anilines is 1. The molecule has 0 unspecified atom stereocenters. The number of amides is 1. The molecular weight excluding hydrogens is 305 g/mol. The molecular formula is C20H22FNO2. The molecule has 2 rings (SSSR count). The quantitative estimate of drug-likeness (QED) is 0.750. The van der Waals surface area contributed by atoms with Gasteiger partial charge in [-0.3, -0.25) is 9.59 Å². The summed E-state index contributed by atoms with van der Waals surface area (Å²) in [6, 6.07) is 12.1. The van der Waals surface area contributed by atoms with Crippen molar-refractivity contribution in [2.24, 2.45) is 0 Å². The minimum Gasteiger partial charge on any atom is -0.324 e. The molecule has 24 heavy (non-hydrogen) atoms. The highest BCUT2D eigenvalue weighted by Crippen LogP contribution is 2.16. The lowest BCUT2D eigenvalue weighted by atomic mass is 10.0. The average Bonchev–Trinajstić information content (AvgIpc) is 2.56. The van der Waals surface area contributed by atoms with Crippen LogP contribution in [0.4, 0.5) is 10.1 Å². The molecule has 126 valence electrons. The number of halogens is 1. The Balaban J connectivity index is 1.87. The van der Waals surface area contributed by atoms with Gasteiger partial charge in [0.1, 0.15) is 5.82 Å². The number of nitrogens with one attached hydrogen (secondary N) is 1. The summed E-state index contributed by atoms with van der Waals surface area (Å²) in [5.41, 5.74) is 2.72. The van der Waals surface area contributed by atoms with Crippen LogP contribution >= 0.6 is 0 Å². The van der Waals surface area contributed by atoms with Gasteiger partial charge in [0.05, 0.1) is 5.69 Å². The molecule has 3 nitrogen and oxygen atoms in total. The molecule has 0 aliphatic heterocycles. The van der Waals surface area contributed by atoms with Crippen molar-refractivity contribution in [3.8, 4) is 0 Å². The van der Waals surface area contributed by atoms with Crippen LogP contribution in [0.1, 0.15) is 47.7 Å². The van der Waals surface area contributed by atoms with E-state index >= 15 is 0 Å². The zero-order valence-corrected chi connectivity index (χ0v) is 14.1. The Morgan fingerprint density at radius 2 is 1.75 bits per heavy atom. The Morgan fingerprint density at radius 1 is 1.04 bits per heavy atom.